The molecule has 0 N–H and O–H groups in total. The Morgan fingerprint density at radius 3 is 2.19 bits per heavy atom. The molecule has 166 valence electrons. The molecule has 0 bridgehead atoms. The molecule has 2 aliphatic rings. The van der Waals surface area contributed by atoms with Crippen LogP contribution < -0.4 is 9.47 Å². The van der Waals surface area contributed by atoms with Crippen molar-refractivity contribution in [2.75, 3.05) is 46.9 Å². The molecule has 0 radical (unpaired) electrons. The van der Waals surface area contributed by atoms with Gasteiger partial charge >= 0.3 is 0 Å². The van der Waals surface area contributed by atoms with Crippen LogP contribution in [0.15, 0.2) is 18.2 Å². The molecular formula is C21H24ClN3O6. The molecule has 0 aliphatic carbocycles. The number of carbonyl (C=O) groups excluding carboxylic acids is 4. The van der Waals surface area contributed by atoms with E-state index < -0.39 is 0 Å². The average molecular weight is 450 g/mol. The largest absolute Gasteiger partial charge is 0.493 e. The van der Waals surface area contributed by atoms with Crippen LogP contribution in [-0.2, 0) is 19.2 Å². The summed E-state index contributed by atoms with van der Waals surface area (Å²) >= 11 is 6.18. The molecule has 3 rings (SSSR count). The number of amides is 4. The fourth-order valence-electron chi connectivity index (χ4n) is 3.52. The second kappa shape index (κ2) is 9.82. The first-order valence-corrected chi connectivity index (χ1v) is 10.2. The van der Waals surface area contributed by atoms with Crippen LogP contribution in [0.5, 0.6) is 11.5 Å². The van der Waals surface area contributed by atoms with E-state index in [1.54, 1.807) is 28.0 Å². The van der Waals surface area contributed by atoms with Crippen molar-refractivity contribution >= 4 is 41.3 Å². The number of piperazine rings is 1. The van der Waals surface area contributed by atoms with Crippen molar-refractivity contribution in [3.05, 3.63) is 28.8 Å². The summed E-state index contributed by atoms with van der Waals surface area (Å²) in [7, 11) is 3.00. The predicted octanol–water partition coefficient (Wildman–Crippen LogP) is 1.19. The number of hydrogen-bond acceptors (Lipinski definition) is 6. The van der Waals surface area contributed by atoms with Crippen LogP contribution in [-0.4, -0.2) is 85.3 Å². The third-order valence-electron chi connectivity index (χ3n) is 5.27. The lowest BCUT2D eigenvalue weighted by Gasteiger charge is -2.34. The fraction of sp³-hybridized carbons (Fsp3) is 0.429. The summed E-state index contributed by atoms with van der Waals surface area (Å²) in [4.78, 5) is 52.5. The Kier molecular flexibility index (Phi) is 7.17. The molecule has 1 aromatic carbocycles. The van der Waals surface area contributed by atoms with Gasteiger partial charge in [0.25, 0.3) is 0 Å². The van der Waals surface area contributed by atoms with E-state index in [2.05, 4.69) is 0 Å². The van der Waals surface area contributed by atoms with Gasteiger partial charge in [0.15, 0.2) is 11.5 Å². The van der Waals surface area contributed by atoms with Crippen LogP contribution in [0.3, 0.4) is 0 Å². The first-order valence-electron chi connectivity index (χ1n) is 9.83. The molecule has 0 unspecified atom stereocenters. The van der Waals surface area contributed by atoms with Gasteiger partial charge in [-0.25, -0.2) is 0 Å². The van der Waals surface area contributed by atoms with Crippen molar-refractivity contribution in [1.29, 1.82) is 0 Å². The number of methoxy groups -OCH3 is 2. The molecule has 2 fully saturated rings. The lowest BCUT2D eigenvalue weighted by molar-refractivity contribution is -0.146. The van der Waals surface area contributed by atoms with Gasteiger partial charge in [0.2, 0.25) is 23.6 Å². The van der Waals surface area contributed by atoms with Gasteiger partial charge in [0, 0.05) is 45.1 Å². The second-order valence-electron chi connectivity index (χ2n) is 7.15. The summed E-state index contributed by atoms with van der Waals surface area (Å²) in [5, 5.41) is 0.371. The minimum Gasteiger partial charge on any atom is -0.493 e. The number of carbonyl (C=O) groups is 4. The van der Waals surface area contributed by atoms with Crippen molar-refractivity contribution in [2.45, 2.75) is 12.8 Å². The maximum absolute atomic E-state index is 12.5. The minimum atomic E-state index is -0.312. The van der Waals surface area contributed by atoms with Gasteiger partial charge in [-0.1, -0.05) is 11.6 Å². The molecule has 1 aromatic rings. The SMILES string of the molecule is COc1cc(/C=C/C(=O)N2CCN(C(=O)CN3C(=O)CCC3=O)CC2)cc(Cl)c1OC. The van der Waals surface area contributed by atoms with Crippen molar-refractivity contribution in [3.63, 3.8) is 0 Å². The summed E-state index contributed by atoms with van der Waals surface area (Å²) in [5.74, 6) is -0.218. The quantitative estimate of drug-likeness (QED) is 0.478. The highest BCUT2D eigenvalue weighted by Crippen LogP contribution is 2.36. The molecule has 0 atom stereocenters. The van der Waals surface area contributed by atoms with Crippen LogP contribution in [0.2, 0.25) is 5.02 Å². The van der Waals surface area contributed by atoms with Crippen molar-refractivity contribution < 1.29 is 28.7 Å². The van der Waals surface area contributed by atoms with Crippen molar-refractivity contribution in [1.82, 2.24) is 14.7 Å². The van der Waals surface area contributed by atoms with E-state index in [1.165, 1.54) is 20.3 Å². The lowest BCUT2D eigenvalue weighted by Crippen LogP contribution is -2.52. The van der Waals surface area contributed by atoms with Crippen LogP contribution in [0.25, 0.3) is 6.08 Å². The molecule has 2 heterocycles. The van der Waals surface area contributed by atoms with E-state index in [0.29, 0.717) is 48.3 Å². The molecule has 10 heteroatoms. The Labute approximate surface area is 185 Å². The highest BCUT2D eigenvalue weighted by molar-refractivity contribution is 6.32. The summed E-state index contributed by atoms with van der Waals surface area (Å²) < 4.78 is 10.5. The Balaban J connectivity index is 1.54. The molecule has 9 nitrogen and oxygen atoms in total. The lowest BCUT2D eigenvalue weighted by atomic mass is 10.1. The maximum Gasteiger partial charge on any atom is 0.246 e. The zero-order valence-electron chi connectivity index (χ0n) is 17.4. The van der Waals surface area contributed by atoms with Crippen molar-refractivity contribution in [3.8, 4) is 11.5 Å². The number of likely N-dealkylation sites (tertiary alicyclic amines) is 1. The molecule has 0 saturated carbocycles. The second-order valence-corrected chi connectivity index (χ2v) is 7.56. The average Bonchev–Trinajstić information content (AvgIpc) is 3.09. The highest BCUT2D eigenvalue weighted by atomic mass is 35.5. The Hall–Kier alpha value is -3.07. The molecular weight excluding hydrogens is 426 g/mol. The fourth-order valence-corrected chi connectivity index (χ4v) is 3.81. The Morgan fingerprint density at radius 2 is 1.61 bits per heavy atom. The maximum atomic E-state index is 12.5. The topological polar surface area (TPSA) is 96.5 Å². The molecule has 31 heavy (non-hydrogen) atoms. The number of hydrogen-bond donors (Lipinski definition) is 0. The first kappa shape index (κ1) is 22.6. The number of rotatable bonds is 6. The third kappa shape index (κ3) is 5.16. The number of imide groups is 1. The van der Waals surface area contributed by atoms with E-state index in [1.807, 2.05) is 0 Å². The van der Waals surface area contributed by atoms with Crippen LogP contribution in [0, 0.1) is 0 Å². The highest BCUT2D eigenvalue weighted by Gasteiger charge is 2.32. The standard InChI is InChI=1S/C21H24ClN3O6/c1-30-16-12-14(11-15(22)21(16)31-2)3-4-17(26)23-7-9-24(10-8-23)20(29)13-25-18(27)5-6-19(25)28/h3-4,11-12H,5-10,13H2,1-2H3/b4-3+. The van der Waals surface area contributed by atoms with Gasteiger partial charge in [0.1, 0.15) is 6.54 Å². The van der Waals surface area contributed by atoms with Gasteiger partial charge in [-0.05, 0) is 23.8 Å². The van der Waals surface area contributed by atoms with E-state index in [4.69, 9.17) is 21.1 Å². The number of benzene rings is 1. The molecule has 4 amide bonds. The molecule has 2 aliphatic heterocycles. The monoisotopic (exact) mass is 449 g/mol. The van der Waals surface area contributed by atoms with Gasteiger partial charge in [-0.2, -0.15) is 0 Å². The first-order chi connectivity index (χ1) is 14.8. The summed E-state index contributed by atoms with van der Waals surface area (Å²) in [6, 6.07) is 3.39. The zero-order chi connectivity index (χ0) is 22.5. The van der Waals surface area contributed by atoms with Crippen LogP contribution >= 0.6 is 11.6 Å². The molecule has 0 spiro atoms. The van der Waals surface area contributed by atoms with Crippen LogP contribution in [0.1, 0.15) is 18.4 Å². The number of halogens is 1. The Morgan fingerprint density at radius 1 is 1.00 bits per heavy atom. The number of nitrogens with zero attached hydrogens (tertiary/aromatic N) is 3. The van der Waals surface area contributed by atoms with E-state index in [-0.39, 0.29) is 43.0 Å². The van der Waals surface area contributed by atoms with Gasteiger partial charge in [0.05, 0.1) is 19.2 Å². The van der Waals surface area contributed by atoms with Gasteiger partial charge in [-0.15, -0.1) is 0 Å². The normalized spacial score (nSPS) is 16.9. The van der Waals surface area contributed by atoms with Gasteiger partial charge < -0.3 is 19.3 Å². The molecule has 0 aromatic heterocycles. The smallest absolute Gasteiger partial charge is 0.246 e. The number of ether oxygens (including phenoxy) is 2. The summed E-state index contributed by atoms with van der Waals surface area (Å²) in [5.41, 5.74) is 0.685. The molecule has 2 saturated heterocycles. The van der Waals surface area contributed by atoms with E-state index >= 15 is 0 Å². The minimum absolute atomic E-state index is 0.159. The third-order valence-corrected chi connectivity index (χ3v) is 5.55. The predicted molar refractivity (Wildman–Crippen MR) is 113 cm³/mol. The summed E-state index contributed by atoms with van der Waals surface area (Å²) in [6.07, 6.45) is 3.40. The summed E-state index contributed by atoms with van der Waals surface area (Å²) in [6.45, 7) is 1.19. The van der Waals surface area contributed by atoms with E-state index in [9.17, 15) is 19.2 Å². The van der Waals surface area contributed by atoms with Crippen LogP contribution in [0.4, 0.5) is 0 Å². The van der Waals surface area contributed by atoms with E-state index in [0.717, 1.165) is 4.90 Å². The van der Waals surface area contributed by atoms with Gasteiger partial charge in [-0.3, -0.25) is 24.1 Å². The Bertz CT molecular complexity index is 908. The zero-order valence-corrected chi connectivity index (χ0v) is 18.2. The van der Waals surface area contributed by atoms with Crippen molar-refractivity contribution in [2.24, 2.45) is 0 Å².